The van der Waals surface area contributed by atoms with Gasteiger partial charge in [0, 0.05) is 15.4 Å². The molecule has 0 saturated heterocycles. The third kappa shape index (κ3) is 1.25. The molecule has 0 spiro atoms. The van der Waals surface area contributed by atoms with Gasteiger partial charge in [-0.2, -0.15) is 0 Å². The molecule has 1 aliphatic heterocycles. The number of halogens is 1. The van der Waals surface area contributed by atoms with Gasteiger partial charge in [0.2, 0.25) is 0 Å². The van der Waals surface area contributed by atoms with Crippen molar-refractivity contribution >= 4 is 31.8 Å². The van der Waals surface area contributed by atoms with Crippen LogP contribution in [0.15, 0.2) is 26.9 Å². The molecule has 0 unspecified atom stereocenters. The summed E-state index contributed by atoms with van der Waals surface area (Å²) in [6.45, 7) is 1.93. The van der Waals surface area contributed by atoms with E-state index >= 15 is 0 Å². The Bertz CT molecular complexity index is 501. The number of fused-ring (bicyclic) bond motifs is 1. The second-order valence-electron chi connectivity index (χ2n) is 2.96. The van der Waals surface area contributed by atoms with E-state index in [1.165, 1.54) is 5.41 Å². The minimum Gasteiger partial charge on any atom is -0.219 e. The number of hydrogen-bond acceptors (Lipinski definition) is 2. The van der Waals surface area contributed by atoms with Crippen LogP contribution >= 0.6 is 15.9 Å². The zero-order valence-corrected chi connectivity index (χ0v) is 9.31. The lowest BCUT2D eigenvalue weighted by Gasteiger charge is -2.03. The van der Waals surface area contributed by atoms with Crippen molar-refractivity contribution in [3.8, 4) is 0 Å². The molecule has 2 rings (SSSR count). The third-order valence-electron chi connectivity index (χ3n) is 2.05. The molecule has 1 aliphatic rings. The van der Waals surface area contributed by atoms with E-state index in [4.69, 9.17) is 0 Å². The fraction of sp³-hybridized carbons (Fsp3) is 0.111. The molecular formula is C9H7BrO2S. The van der Waals surface area contributed by atoms with Crippen LogP contribution in [0.1, 0.15) is 11.1 Å². The normalized spacial score (nSPS) is 17.4. The molecule has 0 amide bonds. The van der Waals surface area contributed by atoms with Crippen LogP contribution in [0.4, 0.5) is 0 Å². The van der Waals surface area contributed by atoms with Gasteiger partial charge in [-0.3, -0.25) is 0 Å². The van der Waals surface area contributed by atoms with Gasteiger partial charge in [-0.25, -0.2) is 8.42 Å². The van der Waals surface area contributed by atoms with Crippen molar-refractivity contribution in [1.82, 2.24) is 0 Å². The molecule has 2 nitrogen and oxygen atoms in total. The van der Waals surface area contributed by atoms with E-state index in [1.54, 1.807) is 18.2 Å². The van der Waals surface area contributed by atoms with Crippen molar-refractivity contribution in [1.29, 1.82) is 0 Å². The van der Waals surface area contributed by atoms with Crippen LogP contribution in [-0.2, 0) is 9.84 Å². The average molecular weight is 259 g/mol. The molecule has 4 heteroatoms. The molecule has 13 heavy (non-hydrogen) atoms. The highest BCUT2D eigenvalue weighted by Crippen LogP contribution is 2.34. The molecule has 0 aliphatic carbocycles. The maximum Gasteiger partial charge on any atom is 0.200 e. The molecule has 1 aromatic carbocycles. The monoisotopic (exact) mass is 258 g/mol. The summed E-state index contributed by atoms with van der Waals surface area (Å²) in [6, 6.07) is 3.44. The van der Waals surface area contributed by atoms with E-state index in [1.807, 2.05) is 6.92 Å². The first kappa shape index (κ1) is 8.97. The highest BCUT2D eigenvalue weighted by atomic mass is 79.9. The molecule has 0 bridgehead atoms. The lowest BCUT2D eigenvalue weighted by atomic mass is 10.1. The van der Waals surface area contributed by atoms with Crippen LogP contribution in [0, 0.1) is 6.92 Å². The Hall–Kier alpha value is -0.610. The summed E-state index contributed by atoms with van der Waals surface area (Å²) in [5.74, 6) is 0. The van der Waals surface area contributed by atoms with Crippen molar-refractivity contribution in [2.75, 3.05) is 0 Å². The molecule has 0 aromatic heterocycles. The minimum atomic E-state index is -3.16. The number of benzene rings is 1. The lowest BCUT2D eigenvalue weighted by Crippen LogP contribution is -1.94. The highest BCUT2D eigenvalue weighted by molar-refractivity contribution is 9.10. The Morgan fingerprint density at radius 3 is 2.69 bits per heavy atom. The van der Waals surface area contributed by atoms with Gasteiger partial charge >= 0.3 is 0 Å². The van der Waals surface area contributed by atoms with Gasteiger partial charge in [0.1, 0.15) is 0 Å². The molecule has 0 atom stereocenters. The molecule has 68 valence electrons. The van der Waals surface area contributed by atoms with Gasteiger partial charge in [0.15, 0.2) is 9.84 Å². The quantitative estimate of drug-likeness (QED) is 0.717. The Kier molecular flexibility index (Phi) is 1.85. The largest absolute Gasteiger partial charge is 0.219 e. The Labute approximate surface area is 85.3 Å². The molecule has 0 N–H and O–H groups in total. The zero-order chi connectivity index (χ0) is 9.64. The summed E-state index contributed by atoms with van der Waals surface area (Å²) in [5, 5.41) is 1.24. The maximum atomic E-state index is 11.4. The predicted molar refractivity (Wildman–Crippen MR) is 55.1 cm³/mol. The van der Waals surface area contributed by atoms with Crippen LogP contribution in [0.2, 0.25) is 0 Å². The molecule has 1 heterocycles. The third-order valence-corrected chi connectivity index (χ3v) is 4.57. The van der Waals surface area contributed by atoms with Crippen LogP contribution in [-0.4, -0.2) is 8.42 Å². The van der Waals surface area contributed by atoms with E-state index in [0.717, 1.165) is 15.6 Å². The first-order valence-corrected chi connectivity index (χ1v) is 6.08. The fourth-order valence-electron chi connectivity index (χ4n) is 1.32. The summed E-state index contributed by atoms with van der Waals surface area (Å²) in [4.78, 5) is 0.393. The second-order valence-corrected chi connectivity index (χ2v) is 5.55. The standard InChI is InChI=1S/C9H7BrO2S/c1-6-2-3-8-7(9(6)10)4-5-13(8,11)12/h2-5H,1H3. The van der Waals surface area contributed by atoms with Crippen molar-refractivity contribution in [2.45, 2.75) is 11.8 Å². The summed E-state index contributed by atoms with van der Waals surface area (Å²) in [6.07, 6.45) is 1.63. The fourth-order valence-corrected chi connectivity index (χ4v) is 3.12. The Morgan fingerprint density at radius 2 is 2.00 bits per heavy atom. The maximum absolute atomic E-state index is 11.4. The van der Waals surface area contributed by atoms with Gasteiger partial charge in [0.05, 0.1) is 4.90 Å². The number of rotatable bonds is 0. The summed E-state index contributed by atoms with van der Waals surface area (Å²) in [5.41, 5.74) is 1.81. The SMILES string of the molecule is Cc1ccc2c(c1Br)C=CS2(=O)=O. The van der Waals surface area contributed by atoms with Crippen LogP contribution in [0.25, 0.3) is 6.08 Å². The first-order chi connectivity index (χ1) is 6.02. The highest BCUT2D eigenvalue weighted by Gasteiger charge is 2.22. The molecule has 0 saturated carbocycles. The molecular weight excluding hydrogens is 252 g/mol. The summed E-state index contributed by atoms with van der Waals surface area (Å²) in [7, 11) is -3.16. The van der Waals surface area contributed by atoms with Gasteiger partial charge in [0.25, 0.3) is 0 Å². The first-order valence-electron chi connectivity index (χ1n) is 3.74. The second kappa shape index (κ2) is 2.69. The predicted octanol–water partition coefficient (Wildman–Crippen LogP) is 2.52. The lowest BCUT2D eigenvalue weighted by molar-refractivity contribution is 0.605. The Morgan fingerprint density at radius 1 is 1.31 bits per heavy atom. The van der Waals surface area contributed by atoms with Gasteiger partial charge in [-0.1, -0.05) is 6.07 Å². The van der Waals surface area contributed by atoms with E-state index < -0.39 is 9.84 Å². The van der Waals surface area contributed by atoms with Gasteiger partial charge in [-0.05, 0) is 40.6 Å². The van der Waals surface area contributed by atoms with E-state index in [9.17, 15) is 8.42 Å². The summed E-state index contributed by atoms with van der Waals surface area (Å²) < 4.78 is 23.7. The smallest absolute Gasteiger partial charge is 0.200 e. The van der Waals surface area contributed by atoms with Crippen molar-refractivity contribution in [3.05, 3.63) is 33.1 Å². The van der Waals surface area contributed by atoms with Crippen LogP contribution in [0.3, 0.4) is 0 Å². The number of hydrogen-bond donors (Lipinski definition) is 0. The van der Waals surface area contributed by atoms with Crippen molar-refractivity contribution in [2.24, 2.45) is 0 Å². The molecule has 0 fully saturated rings. The van der Waals surface area contributed by atoms with Crippen molar-refractivity contribution in [3.63, 3.8) is 0 Å². The summed E-state index contributed by atoms with van der Waals surface area (Å²) >= 11 is 3.37. The minimum absolute atomic E-state index is 0.393. The van der Waals surface area contributed by atoms with E-state index in [2.05, 4.69) is 15.9 Å². The molecule has 1 aromatic rings. The number of sulfone groups is 1. The Balaban J connectivity index is 2.86. The van der Waals surface area contributed by atoms with E-state index in [-0.39, 0.29) is 0 Å². The van der Waals surface area contributed by atoms with Crippen LogP contribution in [0.5, 0.6) is 0 Å². The van der Waals surface area contributed by atoms with Crippen molar-refractivity contribution < 1.29 is 8.42 Å². The van der Waals surface area contributed by atoms with Crippen LogP contribution < -0.4 is 0 Å². The topological polar surface area (TPSA) is 34.1 Å². The van der Waals surface area contributed by atoms with E-state index in [0.29, 0.717) is 4.90 Å². The average Bonchev–Trinajstić information content (AvgIpc) is 2.35. The van der Waals surface area contributed by atoms with Gasteiger partial charge in [-0.15, -0.1) is 0 Å². The molecule has 0 radical (unpaired) electrons. The van der Waals surface area contributed by atoms with Gasteiger partial charge < -0.3 is 0 Å². The zero-order valence-electron chi connectivity index (χ0n) is 6.91. The number of aryl methyl sites for hydroxylation is 1.